The Morgan fingerprint density at radius 2 is 2.12 bits per heavy atom. The highest BCUT2D eigenvalue weighted by Gasteiger charge is 2.33. The van der Waals surface area contributed by atoms with Crippen molar-refractivity contribution in [2.45, 2.75) is 18.9 Å². The summed E-state index contributed by atoms with van der Waals surface area (Å²) in [5, 5.41) is 19.6. The van der Waals surface area contributed by atoms with Crippen LogP contribution in [0.15, 0.2) is 18.2 Å². The molecule has 7 heteroatoms. The van der Waals surface area contributed by atoms with Crippen molar-refractivity contribution >= 4 is 5.69 Å². The highest BCUT2D eigenvalue weighted by molar-refractivity contribution is 5.48. The lowest BCUT2D eigenvalue weighted by atomic mass is 9.93. The molecule has 0 saturated carbocycles. The van der Waals surface area contributed by atoms with Crippen molar-refractivity contribution in [2.24, 2.45) is 5.73 Å². The number of alkyl halides is 2. The number of rotatable bonds is 3. The third kappa shape index (κ3) is 2.08. The molecule has 0 amide bonds. The van der Waals surface area contributed by atoms with Crippen molar-refractivity contribution in [3.8, 4) is 5.75 Å². The van der Waals surface area contributed by atoms with E-state index in [2.05, 4.69) is 0 Å². The average Bonchev–Trinajstić information content (AvgIpc) is 2.16. The van der Waals surface area contributed by atoms with Crippen LogP contribution in [-0.4, -0.2) is 16.5 Å². The van der Waals surface area contributed by atoms with Gasteiger partial charge in [0.2, 0.25) is 0 Å². The van der Waals surface area contributed by atoms with E-state index in [0.717, 1.165) is 25.1 Å². The number of halogens is 2. The Morgan fingerprint density at radius 3 is 2.50 bits per heavy atom. The Balaban J connectivity index is 3.21. The van der Waals surface area contributed by atoms with Crippen LogP contribution in [0, 0.1) is 10.1 Å². The van der Waals surface area contributed by atoms with Gasteiger partial charge in [0.05, 0.1) is 10.5 Å². The summed E-state index contributed by atoms with van der Waals surface area (Å²) in [6.45, 7) is 1.08. The molecule has 88 valence electrons. The summed E-state index contributed by atoms with van der Waals surface area (Å²) >= 11 is 0. The fraction of sp³-hybridized carbons (Fsp3) is 0.333. The van der Waals surface area contributed by atoms with Gasteiger partial charge in [0.15, 0.2) is 5.75 Å². The molecule has 16 heavy (non-hydrogen) atoms. The first-order valence-electron chi connectivity index (χ1n) is 4.31. The predicted octanol–water partition coefficient (Wildman–Crippen LogP) is 1.74. The Bertz CT molecular complexity index is 421. The first-order chi connectivity index (χ1) is 7.26. The maximum atomic E-state index is 12.5. The molecule has 0 aliphatic rings. The number of nitrogens with zero attached hydrogens (tertiary/aromatic N) is 1. The summed E-state index contributed by atoms with van der Waals surface area (Å²) in [7, 11) is 0. The number of nitrogens with two attached hydrogens (primary N) is 1. The standard InChI is InChI=1S/C9H10F2N2O3/c1-9(12,8(10)11)5-2-3-6(13(15)16)7(14)4-5/h2-4,8,14H,12H2,1H3. The molecular formula is C9H10F2N2O3. The van der Waals surface area contributed by atoms with Crippen LogP contribution in [-0.2, 0) is 5.54 Å². The molecule has 5 nitrogen and oxygen atoms in total. The molecule has 0 heterocycles. The van der Waals surface area contributed by atoms with Crippen LogP contribution in [0.1, 0.15) is 12.5 Å². The van der Waals surface area contributed by atoms with Crippen LogP contribution in [0.4, 0.5) is 14.5 Å². The Morgan fingerprint density at radius 1 is 1.56 bits per heavy atom. The molecule has 0 fully saturated rings. The second kappa shape index (κ2) is 4.01. The quantitative estimate of drug-likeness (QED) is 0.613. The van der Waals surface area contributed by atoms with Gasteiger partial charge in [0, 0.05) is 6.07 Å². The van der Waals surface area contributed by atoms with Crippen LogP contribution < -0.4 is 5.73 Å². The highest BCUT2D eigenvalue weighted by atomic mass is 19.3. The molecule has 1 aromatic rings. The largest absolute Gasteiger partial charge is 0.502 e. The van der Waals surface area contributed by atoms with E-state index in [1.807, 2.05) is 0 Å². The Labute approximate surface area is 89.6 Å². The maximum absolute atomic E-state index is 12.5. The van der Waals surface area contributed by atoms with Gasteiger partial charge in [-0.05, 0) is 24.6 Å². The molecule has 0 radical (unpaired) electrons. The molecule has 0 spiro atoms. The zero-order valence-corrected chi connectivity index (χ0v) is 8.35. The SMILES string of the molecule is CC(N)(c1ccc([N+](=O)[O-])c(O)c1)C(F)F. The smallest absolute Gasteiger partial charge is 0.310 e. The number of phenols is 1. The van der Waals surface area contributed by atoms with Crippen molar-refractivity contribution < 1.29 is 18.8 Å². The molecule has 0 aliphatic carbocycles. The topological polar surface area (TPSA) is 89.4 Å². The Kier molecular flexibility index (Phi) is 3.09. The first-order valence-corrected chi connectivity index (χ1v) is 4.31. The Hall–Kier alpha value is -1.76. The lowest BCUT2D eigenvalue weighted by molar-refractivity contribution is -0.385. The van der Waals surface area contributed by atoms with Gasteiger partial charge in [-0.3, -0.25) is 10.1 Å². The lowest BCUT2D eigenvalue weighted by Crippen LogP contribution is -2.40. The number of aromatic hydroxyl groups is 1. The number of hydrogen-bond acceptors (Lipinski definition) is 4. The van der Waals surface area contributed by atoms with E-state index in [4.69, 9.17) is 5.73 Å². The zero-order chi connectivity index (χ0) is 12.5. The van der Waals surface area contributed by atoms with E-state index < -0.39 is 28.3 Å². The minimum Gasteiger partial charge on any atom is -0.502 e. The second-order valence-electron chi connectivity index (χ2n) is 3.54. The number of nitro groups is 1. The van der Waals surface area contributed by atoms with Crippen LogP contribution in [0.2, 0.25) is 0 Å². The minimum absolute atomic E-state index is 0.0643. The third-order valence-electron chi connectivity index (χ3n) is 2.25. The molecular weight excluding hydrogens is 222 g/mol. The fourth-order valence-electron chi connectivity index (χ4n) is 1.14. The fourth-order valence-corrected chi connectivity index (χ4v) is 1.14. The van der Waals surface area contributed by atoms with E-state index in [1.54, 1.807) is 0 Å². The van der Waals surface area contributed by atoms with Crippen molar-refractivity contribution in [3.05, 3.63) is 33.9 Å². The van der Waals surface area contributed by atoms with Crippen LogP contribution in [0.25, 0.3) is 0 Å². The van der Waals surface area contributed by atoms with Crippen LogP contribution in [0.5, 0.6) is 5.75 Å². The number of phenolic OH excluding ortho intramolecular Hbond substituents is 1. The summed E-state index contributed by atoms with van der Waals surface area (Å²) in [4.78, 5) is 9.57. The van der Waals surface area contributed by atoms with Crippen molar-refractivity contribution in [2.75, 3.05) is 0 Å². The van der Waals surface area contributed by atoms with Gasteiger partial charge < -0.3 is 10.8 Å². The second-order valence-corrected chi connectivity index (χ2v) is 3.54. The number of nitro benzene ring substituents is 1. The summed E-state index contributed by atoms with van der Waals surface area (Å²) in [5.41, 5.74) is 2.78. The van der Waals surface area contributed by atoms with E-state index in [-0.39, 0.29) is 5.56 Å². The molecule has 3 N–H and O–H groups in total. The van der Waals surface area contributed by atoms with Crippen LogP contribution in [0.3, 0.4) is 0 Å². The number of hydrogen-bond donors (Lipinski definition) is 2. The molecule has 0 bridgehead atoms. The third-order valence-corrected chi connectivity index (χ3v) is 2.25. The van der Waals surface area contributed by atoms with E-state index in [9.17, 15) is 24.0 Å². The van der Waals surface area contributed by atoms with Crippen LogP contribution >= 0.6 is 0 Å². The van der Waals surface area contributed by atoms with Gasteiger partial charge in [0.25, 0.3) is 6.43 Å². The lowest BCUT2D eigenvalue weighted by Gasteiger charge is -2.23. The first kappa shape index (κ1) is 12.3. The molecule has 1 rings (SSSR count). The van der Waals surface area contributed by atoms with E-state index >= 15 is 0 Å². The van der Waals surface area contributed by atoms with Gasteiger partial charge in [-0.15, -0.1) is 0 Å². The average molecular weight is 232 g/mol. The molecule has 0 aromatic heterocycles. The van der Waals surface area contributed by atoms with Crippen molar-refractivity contribution in [3.63, 3.8) is 0 Å². The van der Waals surface area contributed by atoms with Gasteiger partial charge in [-0.1, -0.05) is 0 Å². The summed E-state index contributed by atoms with van der Waals surface area (Å²) in [5.74, 6) is -0.681. The summed E-state index contributed by atoms with van der Waals surface area (Å²) in [6, 6.07) is 2.92. The van der Waals surface area contributed by atoms with Crippen molar-refractivity contribution in [1.82, 2.24) is 0 Å². The minimum atomic E-state index is -2.84. The maximum Gasteiger partial charge on any atom is 0.310 e. The highest BCUT2D eigenvalue weighted by Crippen LogP contribution is 2.32. The molecule has 0 saturated heterocycles. The van der Waals surface area contributed by atoms with Crippen molar-refractivity contribution in [1.29, 1.82) is 0 Å². The number of benzene rings is 1. The van der Waals surface area contributed by atoms with E-state index in [1.165, 1.54) is 0 Å². The summed E-state index contributed by atoms with van der Waals surface area (Å²) < 4.78 is 25.1. The molecule has 1 aromatic carbocycles. The normalized spacial score (nSPS) is 14.8. The van der Waals surface area contributed by atoms with Gasteiger partial charge in [-0.25, -0.2) is 8.78 Å². The molecule has 0 aliphatic heterocycles. The monoisotopic (exact) mass is 232 g/mol. The molecule has 1 atom stereocenters. The predicted molar refractivity (Wildman–Crippen MR) is 52.3 cm³/mol. The summed E-state index contributed by atoms with van der Waals surface area (Å²) in [6.07, 6.45) is -2.84. The van der Waals surface area contributed by atoms with Gasteiger partial charge >= 0.3 is 5.69 Å². The zero-order valence-electron chi connectivity index (χ0n) is 8.35. The van der Waals surface area contributed by atoms with Gasteiger partial charge in [0.1, 0.15) is 0 Å². The molecule has 1 unspecified atom stereocenters. The van der Waals surface area contributed by atoms with Gasteiger partial charge in [-0.2, -0.15) is 0 Å². The van der Waals surface area contributed by atoms with E-state index in [0.29, 0.717) is 0 Å².